The first-order valence-corrected chi connectivity index (χ1v) is 11.6. The van der Waals surface area contributed by atoms with Gasteiger partial charge < -0.3 is 5.32 Å². The molecule has 0 spiro atoms. The number of thiophene rings is 1. The van der Waals surface area contributed by atoms with Crippen molar-refractivity contribution in [2.24, 2.45) is 0 Å². The second-order valence-electron chi connectivity index (χ2n) is 6.29. The summed E-state index contributed by atoms with van der Waals surface area (Å²) in [6.45, 7) is 3.94. The highest BCUT2D eigenvalue weighted by Gasteiger charge is 2.17. The maximum atomic E-state index is 12.5. The van der Waals surface area contributed by atoms with E-state index in [0.29, 0.717) is 11.3 Å². The zero-order valence-electron chi connectivity index (χ0n) is 15.3. The molecule has 8 heteroatoms. The predicted octanol–water partition coefficient (Wildman–Crippen LogP) is 5.11. The van der Waals surface area contributed by atoms with Gasteiger partial charge in [0.1, 0.15) is 4.21 Å². The highest BCUT2D eigenvalue weighted by Crippen LogP contribution is 2.27. The van der Waals surface area contributed by atoms with Crippen molar-refractivity contribution in [2.45, 2.75) is 24.1 Å². The maximum Gasteiger partial charge on any atom is 0.271 e. The van der Waals surface area contributed by atoms with Crippen LogP contribution in [0.1, 0.15) is 34.5 Å². The maximum absolute atomic E-state index is 12.5. The van der Waals surface area contributed by atoms with E-state index in [1.54, 1.807) is 30.3 Å². The van der Waals surface area contributed by atoms with Gasteiger partial charge in [-0.2, -0.15) is 0 Å². The fourth-order valence-corrected chi connectivity index (χ4v) is 5.84. The van der Waals surface area contributed by atoms with Crippen molar-refractivity contribution < 1.29 is 13.2 Å². The first kappa shape index (κ1) is 20.6. The van der Waals surface area contributed by atoms with E-state index in [0.717, 1.165) is 26.3 Å². The minimum atomic E-state index is -3.65. The quantitative estimate of drug-likeness (QED) is 0.516. The lowest BCUT2D eigenvalue weighted by atomic mass is 10.0. The number of anilines is 1. The molecule has 28 heavy (non-hydrogen) atoms. The molecule has 1 unspecified atom stereocenters. The molecule has 0 saturated heterocycles. The molecule has 1 atom stereocenters. The SMILES string of the molecule is Cc1ccccc1C(C)NC(=O)c1ccc(NS(=O)(=O)c2ccc(Br)s2)cc1. The van der Waals surface area contributed by atoms with E-state index in [-0.39, 0.29) is 16.2 Å². The molecule has 3 aromatic rings. The summed E-state index contributed by atoms with van der Waals surface area (Å²) in [5, 5.41) is 2.97. The van der Waals surface area contributed by atoms with Gasteiger partial charge >= 0.3 is 0 Å². The van der Waals surface area contributed by atoms with E-state index >= 15 is 0 Å². The number of hydrogen-bond acceptors (Lipinski definition) is 4. The predicted molar refractivity (Wildman–Crippen MR) is 116 cm³/mol. The molecule has 0 aliphatic rings. The molecule has 146 valence electrons. The van der Waals surface area contributed by atoms with Gasteiger partial charge in [0.2, 0.25) is 0 Å². The Morgan fingerprint density at radius 3 is 2.32 bits per heavy atom. The van der Waals surface area contributed by atoms with E-state index < -0.39 is 10.0 Å². The number of carbonyl (C=O) groups excluding carboxylic acids is 1. The van der Waals surface area contributed by atoms with Gasteiger partial charge in [0.15, 0.2) is 0 Å². The largest absolute Gasteiger partial charge is 0.346 e. The van der Waals surface area contributed by atoms with E-state index in [9.17, 15) is 13.2 Å². The summed E-state index contributed by atoms with van der Waals surface area (Å²) in [6.07, 6.45) is 0. The summed E-state index contributed by atoms with van der Waals surface area (Å²) in [6, 6.07) is 17.3. The van der Waals surface area contributed by atoms with Crippen LogP contribution in [0.2, 0.25) is 0 Å². The van der Waals surface area contributed by atoms with Crippen molar-refractivity contribution >= 4 is 48.9 Å². The lowest BCUT2D eigenvalue weighted by molar-refractivity contribution is 0.0940. The fraction of sp³-hybridized carbons (Fsp3) is 0.150. The molecule has 0 fully saturated rings. The third-order valence-electron chi connectivity index (χ3n) is 4.22. The van der Waals surface area contributed by atoms with Crippen molar-refractivity contribution in [2.75, 3.05) is 4.72 Å². The average Bonchev–Trinajstić information content (AvgIpc) is 3.09. The van der Waals surface area contributed by atoms with Gasteiger partial charge in [-0.3, -0.25) is 9.52 Å². The van der Waals surface area contributed by atoms with Crippen molar-refractivity contribution in [3.8, 4) is 0 Å². The van der Waals surface area contributed by atoms with Crippen LogP contribution in [-0.2, 0) is 10.0 Å². The van der Waals surface area contributed by atoms with Crippen LogP contribution in [0.3, 0.4) is 0 Å². The van der Waals surface area contributed by atoms with Gasteiger partial charge in [-0.1, -0.05) is 24.3 Å². The van der Waals surface area contributed by atoms with Crippen LogP contribution in [0.5, 0.6) is 0 Å². The van der Waals surface area contributed by atoms with Crippen molar-refractivity contribution in [3.05, 3.63) is 81.1 Å². The third kappa shape index (κ3) is 4.81. The molecule has 1 amide bonds. The molecule has 0 aliphatic carbocycles. The van der Waals surface area contributed by atoms with Gasteiger partial charge in [0.05, 0.1) is 9.83 Å². The summed E-state index contributed by atoms with van der Waals surface area (Å²) in [5.41, 5.74) is 3.03. The summed E-state index contributed by atoms with van der Waals surface area (Å²) in [4.78, 5) is 12.5. The normalized spacial score (nSPS) is 12.4. The Bertz CT molecular complexity index is 1090. The molecule has 2 aromatic carbocycles. The van der Waals surface area contributed by atoms with Crippen molar-refractivity contribution in [1.29, 1.82) is 0 Å². The van der Waals surface area contributed by atoms with Crippen LogP contribution in [0.4, 0.5) is 5.69 Å². The third-order valence-corrected chi connectivity index (χ3v) is 7.71. The molecule has 5 nitrogen and oxygen atoms in total. The van der Waals surface area contributed by atoms with Crippen LogP contribution >= 0.6 is 27.3 Å². The smallest absolute Gasteiger partial charge is 0.271 e. The second kappa shape index (κ2) is 8.46. The average molecular weight is 479 g/mol. The lowest BCUT2D eigenvalue weighted by Gasteiger charge is -2.16. The van der Waals surface area contributed by atoms with E-state index in [1.807, 2.05) is 38.1 Å². The number of amides is 1. The number of nitrogens with one attached hydrogen (secondary N) is 2. The summed E-state index contributed by atoms with van der Waals surface area (Å²) in [7, 11) is -3.65. The number of hydrogen-bond donors (Lipinski definition) is 2. The molecule has 0 saturated carbocycles. The summed E-state index contributed by atoms with van der Waals surface area (Å²) < 4.78 is 28.2. The molecule has 0 radical (unpaired) electrons. The first-order chi connectivity index (χ1) is 13.3. The standard InChI is InChI=1S/C20H19BrN2O3S2/c1-13-5-3-4-6-17(13)14(2)22-20(24)15-7-9-16(10-8-15)23-28(25,26)19-12-11-18(21)27-19/h3-12,14,23H,1-2H3,(H,22,24). The lowest BCUT2D eigenvalue weighted by Crippen LogP contribution is -2.27. The topological polar surface area (TPSA) is 75.3 Å². The first-order valence-electron chi connectivity index (χ1n) is 8.51. The van der Waals surface area contributed by atoms with E-state index in [2.05, 4.69) is 26.0 Å². The van der Waals surface area contributed by atoms with Crippen LogP contribution in [-0.4, -0.2) is 14.3 Å². The number of sulfonamides is 1. The van der Waals surface area contributed by atoms with Crippen LogP contribution in [0.15, 0.2) is 68.7 Å². The Morgan fingerprint density at radius 2 is 1.71 bits per heavy atom. The van der Waals surface area contributed by atoms with Crippen molar-refractivity contribution in [3.63, 3.8) is 0 Å². The minimum absolute atomic E-state index is 0.135. The number of halogens is 1. The highest BCUT2D eigenvalue weighted by atomic mass is 79.9. The van der Waals surface area contributed by atoms with Gasteiger partial charge in [-0.15, -0.1) is 11.3 Å². The Balaban J connectivity index is 1.68. The number of benzene rings is 2. The molecule has 1 aromatic heterocycles. The summed E-state index contributed by atoms with van der Waals surface area (Å²) >= 11 is 4.39. The second-order valence-corrected chi connectivity index (χ2v) is 10.7. The van der Waals surface area contributed by atoms with Gasteiger partial charge in [-0.25, -0.2) is 8.42 Å². The minimum Gasteiger partial charge on any atom is -0.346 e. The summed E-state index contributed by atoms with van der Waals surface area (Å²) in [5.74, 6) is -0.215. The highest BCUT2D eigenvalue weighted by molar-refractivity contribution is 9.11. The van der Waals surface area contributed by atoms with Gasteiger partial charge in [0, 0.05) is 11.3 Å². The van der Waals surface area contributed by atoms with Crippen molar-refractivity contribution in [1.82, 2.24) is 5.32 Å². The van der Waals surface area contributed by atoms with E-state index in [1.165, 1.54) is 6.07 Å². The number of aryl methyl sites for hydroxylation is 1. The van der Waals surface area contributed by atoms with Crippen LogP contribution in [0.25, 0.3) is 0 Å². The fourth-order valence-electron chi connectivity index (χ4n) is 2.77. The van der Waals surface area contributed by atoms with Gasteiger partial charge in [-0.05, 0) is 77.3 Å². The Kier molecular flexibility index (Phi) is 6.22. The Morgan fingerprint density at radius 1 is 1.04 bits per heavy atom. The molecule has 2 N–H and O–H groups in total. The molecule has 3 rings (SSSR count). The number of carbonyl (C=O) groups is 1. The Labute approximate surface area is 177 Å². The van der Waals surface area contributed by atoms with Crippen LogP contribution < -0.4 is 10.0 Å². The number of rotatable bonds is 6. The zero-order valence-corrected chi connectivity index (χ0v) is 18.5. The van der Waals surface area contributed by atoms with E-state index in [4.69, 9.17) is 0 Å². The molecule has 0 aliphatic heterocycles. The molecule has 1 heterocycles. The molecular formula is C20H19BrN2O3S2. The van der Waals surface area contributed by atoms with Gasteiger partial charge in [0.25, 0.3) is 15.9 Å². The zero-order chi connectivity index (χ0) is 20.3. The van der Waals surface area contributed by atoms with Crippen LogP contribution in [0, 0.1) is 6.92 Å². The Hall–Kier alpha value is -2.16. The molecular weight excluding hydrogens is 460 g/mol. The molecule has 0 bridgehead atoms. The monoisotopic (exact) mass is 478 g/mol.